The predicted octanol–water partition coefficient (Wildman–Crippen LogP) is 2.41. The highest BCUT2D eigenvalue weighted by atomic mass is 15.2. The molecule has 0 bridgehead atoms. The van der Waals surface area contributed by atoms with Gasteiger partial charge in [0.25, 0.3) is 0 Å². The summed E-state index contributed by atoms with van der Waals surface area (Å²) in [5.74, 6) is 1.11. The summed E-state index contributed by atoms with van der Waals surface area (Å²) >= 11 is 0. The monoisotopic (exact) mass is 163 g/mol. The lowest BCUT2D eigenvalue weighted by Crippen LogP contribution is -1.89. The van der Waals surface area contributed by atoms with E-state index in [2.05, 4.69) is 42.3 Å². The summed E-state index contributed by atoms with van der Waals surface area (Å²) in [4.78, 5) is 3.81. The van der Waals surface area contributed by atoms with Crippen LogP contribution in [0.1, 0.15) is 19.4 Å². The second-order valence-electron chi connectivity index (χ2n) is 2.97. The van der Waals surface area contributed by atoms with E-state index in [0.717, 1.165) is 11.1 Å². The Morgan fingerprint density at radius 2 is 2.33 bits per heavy atom. The number of nitrogens with zero attached hydrogens (tertiary/aromatic N) is 2. The number of allylic oxidation sites excluding steroid dienone is 1. The zero-order valence-electron chi connectivity index (χ0n) is 7.46. The molecule has 1 aromatic heterocycles. The van der Waals surface area contributed by atoms with Gasteiger partial charge in [-0.25, -0.2) is 4.99 Å². The van der Waals surface area contributed by atoms with Gasteiger partial charge in [-0.05, 0) is 18.2 Å². The van der Waals surface area contributed by atoms with Gasteiger partial charge < -0.3 is 0 Å². The number of hydrogen-bond donors (Lipinski definition) is 1. The average molecular weight is 163 g/mol. The number of aromatic amines is 1. The molecule has 0 fully saturated rings. The SMILES string of the molecule is C=Nc1[nH]ncc1C(=C)C(C)C. The summed E-state index contributed by atoms with van der Waals surface area (Å²) in [6.45, 7) is 11.6. The first kappa shape index (κ1) is 8.71. The van der Waals surface area contributed by atoms with Crippen molar-refractivity contribution < 1.29 is 0 Å². The highest BCUT2D eigenvalue weighted by molar-refractivity contribution is 5.72. The molecule has 1 rings (SSSR count). The molecular formula is C9H13N3. The van der Waals surface area contributed by atoms with Crippen molar-refractivity contribution >= 4 is 18.1 Å². The first-order valence-electron chi connectivity index (χ1n) is 3.86. The molecule has 12 heavy (non-hydrogen) atoms. The Bertz CT molecular complexity index is 296. The van der Waals surface area contributed by atoms with Crippen LogP contribution in [0.25, 0.3) is 5.57 Å². The lowest BCUT2D eigenvalue weighted by Gasteiger charge is -2.06. The van der Waals surface area contributed by atoms with Crippen LogP contribution < -0.4 is 0 Å². The minimum absolute atomic E-state index is 0.406. The minimum atomic E-state index is 0.406. The molecule has 64 valence electrons. The Morgan fingerprint density at radius 3 is 2.83 bits per heavy atom. The van der Waals surface area contributed by atoms with Crippen molar-refractivity contribution in [2.45, 2.75) is 13.8 Å². The highest BCUT2D eigenvalue weighted by Crippen LogP contribution is 2.27. The maximum atomic E-state index is 3.96. The zero-order chi connectivity index (χ0) is 9.14. The smallest absolute Gasteiger partial charge is 0.154 e. The largest absolute Gasteiger partial charge is 0.261 e. The topological polar surface area (TPSA) is 41.0 Å². The standard InChI is InChI=1S/C9H13N3/c1-6(2)7(3)8-5-11-12-9(8)10-4/h5-6H,3-4H2,1-2H3,(H,11,12). The molecule has 0 aliphatic carbocycles. The molecule has 0 radical (unpaired) electrons. The van der Waals surface area contributed by atoms with E-state index in [-0.39, 0.29) is 0 Å². The van der Waals surface area contributed by atoms with Crippen molar-refractivity contribution in [1.29, 1.82) is 0 Å². The Kier molecular flexibility index (Phi) is 2.43. The molecule has 0 spiro atoms. The fourth-order valence-electron chi connectivity index (χ4n) is 0.946. The van der Waals surface area contributed by atoms with Gasteiger partial charge in [-0.1, -0.05) is 20.4 Å². The van der Waals surface area contributed by atoms with Crippen molar-refractivity contribution in [3.8, 4) is 0 Å². The van der Waals surface area contributed by atoms with E-state index in [0.29, 0.717) is 11.7 Å². The maximum absolute atomic E-state index is 3.96. The van der Waals surface area contributed by atoms with Gasteiger partial charge in [-0.3, -0.25) is 5.10 Å². The molecule has 0 aliphatic heterocycles. The number of rotatable bonds is 3. The van der Waals surface area contributed by atoms with Crippen LogP contribution in [0.2, 0.25) is 0 Å². The van der Waals surface area contributed by atoms with Gasteiger partial charge in [0.1, 0.15) is 0 Å². The summed E-state index contributed by atoms with van der Waals surface area (Å²) < 4.78 is 0. The quantitative estimate of drug-likeness (QED) is 0.683. The van der Waals surface area contributed by atoms with Crippen molar-refractivity contribution in [3.63, 3.8) is 0 Å². The molecule has 1 heterocycles. The number of H-pyrrole nitrogens is 1. The molecule has 0 unspecified atom stereocenters. The first-order valence-corrected chi connectivity index (χ1v) is 3.86. The fraction of sp³-hybridized carbons (Fsp3) is 0.333. The average Bonchev–Trinajstić information content (AvgIpc) is 2.49. The van der Waals surface area contributed by atoms with Gasteiger partial charge in [-0.2, -0.15) is 5.10 Å². The molecule has 3 nitrogen and oxygen atoms in total. The van der Waals surface area contributed by atoms with Crippen LogP contribution >= 0.6 is 0 Å². The molecule has 0 aliphatic rings. The third-order valence-corrected chi connectivity index (χ3v) is 1.82. The molecule has 1 aromatic rings. The van der Waals surface area contributed by atoms with Crippen molar-refractivity contribution in [2.24, 2.45) is 10.9 Å². The van der Waals surface area contributed by atoms with Gasteiger partial charge in [0.2, 0.25) is 0 Å². The number of hydrogen-bond acceptors (Lipinski definition) is 2. The molecule has 0 aromatic carbocycles. The van der Waals surface area contributed by atoms with E-state index in [9.17, 15) is 0 Å². The molecule has 3 heteroatoms. The Morgan fingerprint density at radius 1 is 1.67 bits per heavy atom. The van der Waals surface area contributed by atoms with E-state index in [1.807, 2.05) is 0 Å². The Labute approximate surface area is 72.2 Å². The van der Waals surface area contributed by atoms with Crippen molar-refractivity contribution in [2.75, 3.05) is 0 Å². The predicted molar refractivity (Wildman–Crippen MR) is 51.7 cm³/mol. The van der Waals surface area contributed by atoms with Crippen LogP contribution in [0.5, 0.6) is 0 Å². The highest BCUT2D eigenvalue weighted by Gasteiger charge is 2.09. The summed E-state index contributed by atoms with van der Waals surface area (Å²) in [7, 11) is 0. The van der Waals surface area contributed by atoms with Gasteiger partial charge in [0.15, 0.2) is 5.82 Å². The van der Waals surface area contributed by atoms with Crippen LogP contribution in [0, 0.1) is 5.92 Å². The summed E-state index contributed by atoms with van der Waals surface area (Å²) in [5, 5.41) is 6.63. The molecule has 0 saturated heterocycles. The third kappa shape index (κ3) is 1.44. The second kappa shape index (κ2) is 3.34. The Hall–Kier alpha value is -1.38. The van der Waals surface area contributed by atoms with Crippen LogP contribution in [0.15, 0.2) is 17.8 Å². The van der Waals surface area contributed by atoms with E-state index in [1.165, 1.54) is 0 Å². The van der Waals surface area contributed by atoms with Gasteiger partial charge in [0, 0.05) is 5.56 Å². The lowest BCUT2D eigenvalue weighted by atomic mass is 9.99. The number of aliphatic imine (C=N–C) groups is 1. The molecule has 1 N–H and O–H groups in total. The van der Waals surface area contributed by atoms with E-state index >= 15 is 0 Å². The van der Waals surface area contributed by atoms with Crippen molar-refractivity contribution in [3.05, 3.63) is 18.3 Å². The molecule has 0 amide bonds. The lowest BCUT2D eigenvalue weighted by molar-refractivity contribution is 0.858. The van der Waals surface area contributed by atoms with Crippen LogP contribution in [-0.2, 0) is 0 Å². The number of nitrogens with one attached hydrogen (secondary N) is 1. The van der Waals surface area contributed by atoms with E-state index < -0.39 is 0 Å². The zero-order valence-corrected chi connectivity index (χ0v) is 7.46. The second-order valence-corrected chi connectivity index (χ2v) is 2.97. The molecule has 0 atom stereocenters. The molecular weight excluding hydrogens is 150 g/mol. The van der Waals surface area contributed by atoms with E-state index in [1.54, 1.807) is 6.20 Å². The summed E-state index contributed by atoms with van der Waals surface area (Å²) in [6, 6.07) is 0. The van der Waals surface area contributed by atoms with Crippen molar-refractivity contribution in [1.82, 2.24) is 10.2 Å². The summed E-state index contributed by atoms with van der Waals surface area (Å²) in [5.41, 5.74) is 1.99. The minimum Gasteiger partial charge on any atom is -0.261 e. The first-order chi connectivity index (χ1) is 5.66. The number of aromatic nitrogens is 2. The maximum Gasteiger partial charge on any atom is 0.154 e. The Balaban J connectivity index is 3.01. The van der Waals surface area contributed by atoms with Crippen LogP contribution in [0.4, 0.5) is 5.82 Å². The van der Waals surface area contributed by atoms with E-state index in [4.69, 9.17) is 0 Å². The van der Waals surface area contributed by atoms with Gasteiger partial charge in [0.05, 0.1) is 6.20 Å². The fourth-order valence-corrected chi connectivity index (χ4v) is 0.946. The molecule has 0 saturated carbocycles. The van der Waals surface area contributed by atoms with Gasteiger partial charge in [-0.15, -0.1) is 0 Å². The van der Waals surface area contributed by atoms with Crippen LogP contribution in [-0.4, -0.2) is 16.9 Å². The normalized spacial score (nSPS) is 10.2. The third-order valence-electron chi connectivity index (χ3n) is 1.82. The van der Waals surface area contributed by atoms with Crippen LogP contribution in [0.3, 0.4) is 0 Å². The van der Waals surface area contributed by atoms with Gasteiger partial charge >= 0.3 is 0 Å². The summed E-state index contributed by atoms with van der Waals surface area (Å²) in [6.07, 6.45) is 1.73.